The van der Waals surface area contributed by atoms with Crippen LogP contribution in [0.25, 0.3) is 6.08 Å². The van der Waals surface area contributed by atoms with E-state index < -0.39 is 11.8 Å². The second-order valence-corrected chi connectivity index (χ2v) is 4.10. The summed E-state index contributed by atoms with van der Waals surface area (Å²) in [5, 5.41) is 8.64. The fourth-order valence-electron chi connectivity index (χ4n) is 1.69. The van der Waals surface area contributed by atoms with Gasteiger partial charge in [0.2, 0.25) is 0 Å². The lowest BCUT2D eigenvalue weighted by atomic mass is 10.1. The van der Waals surface area contributed by atoms with Crippen LogP contribution in [0.2, 0.25) is 0 Å². The van der Waals surface area contributed by atoms with E-state index in [1.807, 2.05) is 0 Å². The first kappa shape index (κ1) is 14.6. The summed E-state index contributed by atoms with van der Waals surface area (Å²) in [6.07, 6.45) is 2.02. The summed E-state index contributed by atoms with van der Waals surface area (Å²) < 4.78 is 24.4. The van der Waals surface area contributed by atoms with Gasteiger partial charge in [-0.1, -0.05) is 6.07 Å². The highest BCUT2D eigenvalue weighted by Crippen LogP contribution is 2.29. The van der Waals surface area contributed by atoms with Crippen LogP contribution in [0.3, 0.4) is 0 Å². The summed E-state index contributed by atoms with van der Waals surface area (Å²) in [5.74, 6) is -0.316. The summed E-state index contributed by atoms with van der Waals surface area (Å²) in [5.41, 5.74) is 0.0794. The number of benzene rings is 2. The number of carbonyl (C=O) groups is 1. The largest absolute Gasteiger partial charge is 0.497 e. The van der Waals surface area contributed by atoms with Crippen LogP contribution in [-0.2, 0) is 4.79 Å². The smallest absolute Gasteiger partial charge is 0.328 e. The summed E-state index contributed by atoms with van der Waals surface area (Å²) >= 11 is 0. The zero-order valence-electron chi connectivity index (χ0n) is 11.2. The molecule has 0 aliphatic carbocycles. The molecular formula is C16H13FO4. The molecule has 4 nitrogen and oxygen atoms in total. The lowest BCUT2D eigenvalue weighted by Gasteiger charge is -2.10. The first-order valence-corrected chi connectivity index (χ1v) is 6.11. The van der Waals surface area contributed by atoms with Crippen molar-refractivity contribution in [3.05, 3.63) is 59.9 Å². The molecule has 1 N–H and O–H groups in total. The molecule has 0 saturated carbocycles. The van der Waals surface area contributed by atoms with Gasteiger partial charge in [0.05, 0.1) is 12.7 Å². The second kappa shape index (κ2) is 6.56. The third kappa shape index (κ3) is 3.82. The van der Waals surface area contributed by atoms with Crippen molar-refractivity contribution in [2.75, 3.05) is 7.11 Å². The van der Waals surface area contributed by atoms with Gasteiger partial charge >= 0.3 is 5.97 Å². The van der Waals surface area contributed by atoms with E-state index in [4.69, 9.17) is 14.6 Å². The summed E-state index contributed by atoms with van der Waals surface area (Å²) in [4.78, 5) is 10.6. The highest BCUT2D eigenvalue weighted by molar-refractivity contribution is 5.86. The fourth-order valence-corrected chi connectivity index (χ4v) is 1.69. The third-order valence-corrected chi connectivity index (χ3v) is 2.69. The highest BCUT2D eigenvalue weighted by atomic mass is 19.1. The molecule has 0 fully saturated rings. The van der Waals surface area contributed by atoms with Gasteiger partial charge in [0, 0.05) is 6.08 Å². The summed E-state index contributed by atoms with van der Waals surface area (Å²) in [6.45, 7) is 0. The number of hydrogen-bond donors (Lipinski definition) is 1. The molecule has 0 radical (unpaired) electrons. The van der Waals surface area contributed by atoms with E-state index >= 15 is 0 Å². The molecule has 0 saturated heterocycles. The number of halogens is 1. The number of carboxylic acid groups (broad SMARTS) is 1. The lowest BCUT2D eigenvalue weighted by Crippen LogP contribution is -1.93. The van der Waals surface area contributed by atoms with Crippen LogP contribution in [0, 0.1) is 5.82 Å². The molecule has 5 heteroatoms. The molecule has 21 heavy (non-hydrogen) atoms. The molecule has 0 heterocycles. The van der Waals surface area contributed by atoms with E-state index in [1.54, 1.807) is 37.4 Å². The summed E-state index contributed by atoms with van der Waals surface area (Å²) in [7, 11) is 1.55. The normalized spacial score (nSPS) is 10.6. The highest BCUT2D eigenvalue weighted by Gasteiger charge is 2.08. The molecule has 2 aromatic carbocycles. The minimum absolute atomic E-state index is 0.0794. The van der Waals surface area contributed by atoms with Crippen LogP contribution in [0.5, 0.6) is 17.2 Å². The molecular weight excluding hydrogens is 275 g/mol. The molecule has 108 valence electrons. The van der Waals surface area contributed by atoms with E-state index in [1.165, 1.54) is 12.1 Å². The van der Waals surface area contributed by atoms with Crippen molar-refractivity contribution in [2.45, 2.75) is 0 Å². The van der Waals surface area contributed by atoms with Crippen molar-refractivity contribution < 1.29 is 23.8 Å². The van der Waals surface area contributed by atoms with Crippen LogP contribution in [0.15, 0.2) is 48.5 Å². The third-order valence-electron chi connectivity index (χ3n) is 2.69. The number of methoxy groups -OCH3 is 1. The Morgan fingerprint density at radius 3 is 2.43 bits per heavy atom. The summed E-state index contributed by atoms with van der Waals surface area (Å²) in [6, 6.07) is 11.1. The second-order valence-electron chi connectivity index (χ2n) is 4.10. The molecule has 2 rings (SSSR count). The fraction of sp³-hybridized carbons (Fsp3) is 0.0625. The Kier molecular flexibility index (Phi) is 4.56. The van der Waals surface area contributed by atoms with Crippen molar-refractivity contribution in [3.63, 3.8) is 0 Å². The van der Waals surface area contributed by atoms with Crippen LogP contribution in [-0.4, -0.2) is 18.2 Å². The van der Waals surface area contributed by atoms with Crippen molar-refractivity contribution >= 4 is 12.0 Å². The van der Waals surface area contributed by atoms with Gasteiger partial charge in [0.1, 0.15) is 23.1 Å². The topological polar surface area (TPSA) is 55.8 Å². The molecule has 0 bridgehead atoms. The minimum Gasteiger partial charge on any atom is -0.497 e. The van der Waals surface area contributed by atoms with Crippen LogP contribution < -0.4 is 9.47 Å². The van der Waals surface area contributed by atoms with E-state index in [0.717, 1.165) is 12.2 Å². The molecule has 0 aliphatic rings. The predicted molar refractivity (Wildman–Crippen MR) is 76.1 cm³/mol. The molecule has 0 unspecified atom stereocenters. The van der Waals surface area contributed by atoms with E-state index in [0.29, 0.717) is 11.5 Å². The van der Waals surface area contributed by atoms with Crippen LogP contribution in [0.1, 0.15) is 5.56 Å². The lowest BCUT2D eigenvalue weighted by molar-refractivity contribution is -0.131. The zero-order valence-corrected chi connectivity index (χ0v) is 11.2. The molecule has 0 amide bonds. The average Bonchev–Trinajstić information content (AvgIpc) is 2.47. The molecule has 0 spiro atoms. The monoisotopic (exact) mass is 288 g/mol. The quantitative estimate of drug-likeness (QED) is 0.852. The van der Waals surface area contributed by atoms with Gasteiger partial charge in [-0.05, 0) is 42.5 Å². The van der Waals surface area contributed by atoms with Gasteiger partial charge in [-0.2, -0.15) is 0 Å². The van der Waals surface area contributed by atoms with Crippen molar-refractivity contribution in [3.8, 4) is 17.2 Å². The van der Waals surface area contributed by atoms with Crippen molar-refractivity contribution in [1.29, 1.82) is 0 Å². The Morgan fingerprint density at radius 2 is 1.81 bits per heavy atom. The molecule has 0 aromatic heterocycles. The SMILES string of the molecule is COc1ccc(Oc2cccc(F)c2/C=C/C(=O)O)cc1. The Morgan fingerprint density at radius 1 is 1.14 bits per heavy atom. The predicted octanol–water partition coefficient (Wildman–Crippen LogP) is 3.72. The van der Waals surface area contributed by atoms with Crippen LogP contribution >= 0.6 is 0 Å². The van der Waals surface area contributed by atoms with Gasteiger partial charge in [-0.25, -0.2) is 9.18 Å². The Labute approximate surface area is 121 Å². The zero-order chi connectivity index (χ0) is 15.2. The van der Waals surface area contributed by atoms with Crippen molar-refractivity contribution in [1.82, 2.24) is 0 Å². The number of ether oxygens (including phenoxy) is 2. The first-order valence-electron chi connectivity index (χ1n) is 6.11. The Bertz CT molecular complexity index is 662. The minimum atomic E-state index is -1.16. The number of carboxylic acids is 1. The number of rotatable bonds is 5. The molecule has 0 aliphatic heterocycles. The van der Waals surface area contributed by atoms with Gasteiger partial charge in [0.25, 0.3) is 0 Å². The van der Waals surface area contributed by atoms with Crippen LogP contribution in [0.4, 0.5) is 4.39 Å². The maximum absolute atomic E-state index is 13.8. The van der Waals surface area contributed by atoms with Gasteiger partial charge in [-0.15, -0.1) is 0 Å². The van der Waals surface area contributed by atoms with E-state index in [-0.39, 0.29) is 11.3 Å². The Hall–Kier alpha value is -2.82. The van der Waals surface area contributed by atoms with Gasteiger partial charge in [0.15, 0.2) is 0 Å². The molecule has 2 aromatic rings. The van der Waals surface area contributed by atoms with Gasteiger partial charge in [-0.3, -0.25) is 0 Å². The maximum Gasteiger partial charge on any atom is 0.328 e. The Balaban J connectivity index is 2.30. The first-order chi connectivity index (χ1) is 10.1. The number of aliphatic carboxylic acids is 1. The maximum atomic E-state index is 13.8. The van der Waals surface area contributed by atoms with Crippen molar-refractivity contribution in [2.24, 2.45) is 0 Å². The van der Waals surface area contributed by atoms with Gasteiger partial charge < -0.3 is 14.6 Å². The van der Waals surface area contributed by atoms with E-state index in [9.17, 15) is 9.18 Å². The standard InChI is InChI=1S/C16H13FO4/c1-20-11-5-7-12(8-6-11)21-15-4-2-3-14(17)13(15)9-10-16(18)19/h2-10H,1H3,(H,18,19)/b10-9+. The molecule has 0 atom stereocenters. The average molecular weight is 288 g/mol. The number of hydrogen-bond acceptors (Lipinski definition) is 3. The van der Waals surface area contributed by atoms with E-state index in [2.05, 4.69) is 0 Å².